The highest BCUT2D eigenvalue weighted by atomic mass is 16.5. The molecule has 0 aliphatic carbocycles. The number of aliphatic imine (C=N–C) groups is 1. The number of likely N-dealkylation sites (N-methyl/N-ethyl adjacent to an activating group) is 1. The maximum atomic E-state index is 5.37. The van der Waals surface area contributed by atoms with E-state index in [1.807, 2.05) is 7.05 Å². The summed E-state index contributed by atoms with van der Waals surface area (Å²) >= 11 is 0. The summed E-state index contributed by atoms with van der Waals surface area (Å²) in [5.74, 6) is 0.916. The van der Waals surface area contributed by atoms with E-state index in [1.165, 1.54) is 39.1 Å². The van der Waals surface area contributed by atoms with Crippen molar-refractivity contribution in [3.8, 4) is 0 Å². The van der Waals surface area contributed by atoms with Crippen molar-refractivity contribution in [2.45, 2.75) is 12.8 Å². The lowest BCUT2D eigenvalue weighted by molar-refractivity contribution is 0.0389. The van der Waals surface area contributed by atoms with Crippen LogP contribution in [0.3, 0.4) is 0 Å². The third kappa shape index (κ3) is 7.79. The minimum absolute atomic E-state index is 0.860. The van der Waals surface area contributed by atoms with Gasteiger partial charge in [0.1, 0.15) is 0 Å². The number of guanidine groups is 1. The summed E-state index contributed by atoms with van der Waals surface area (Å²) in [6.45, 7) is 12.8. The number of nitrogens with one attached hydrogen (secondary N) is 2. The summed E-state index contributed by atoms with van der Waals surface area (Å²) in [6.07, 6.45) is 2.45. The van der Waals surface area contributed by atoms with Gasteiger partial charge >= 0.3 is 0 Å². The van der Waals surface area contributed by atoms with Gasteiger partial charge in [0.15, 0.2) is 5.96 Å². The Morgan fingerprint density at radius 1 is 0.917 bits per heavy atom. The molecule has 2 fully saturated rings. The lowest BCUT2D eigenvalue weighted by Gasteiger charge is -2.26. The van der Waals surface area contributed by atoms with Crippen molar-refractivity contribution >= 4 is 5.96 Å². The molecule has 0 spiro atoms. The van der Waals surface area contributed by atoms with Crippen LogP contribution >= 0.6 is 0 Å². The second-order valence-corrected chi connectivity index (χ2v) is 6.73. The average molecular weight is 341 g/mol. The van der Waals surface area contributed by atoms with Gasteiger partial charge in [-0.25, -0.2) is 0 Å². The van der Waals surface area contributed by atoms with Gasteiger partial charge in [0.2, 0.25) is 0 Å². The molecule has 0 amide bonds. The molecule has 0 aromatic rings. The van der Waals surface area contributed by atoms with E-state index in [9.17, 15) is 0 Å². The summed E-state index contributed by atoms with van der Waals surface area (Å²) < 4.78 is 5.37. The summed E-state index contributed by atoms with van der Waals surface area (Å²) in [5, 5.41) is 6.84. The fourth-order valence-corrected chi connectivity index (χ4v) is 3.21. The highest BCUT2D eigenvalue weighted by Gasteiger charge is 2.12. The van der Waals surface area contributed by atoms with Crippen LogP contribution in [0.4, 0.5) is 0 Å². The molecule has 2 rings (SSSR count). The molecule has 7 heteroatoms. The second-order valence-electron chi connectivity index (χ2n) is 6.73. The van der Waals surface area contributed by atoms with E-state index < -0.39 is 0 Å². The van der Waals surface area contributed by atoms with E-state index in [-0.39, 0.29) is 0 Å². The van der Waals surface area contributed by atoms with Crippen LogP contribution in [0.25, 0.3) is 0 Å². The smallest absolute Gasteiger partial charge is 0.191 e. The Hall–Kier alpha value is -0.890. The fraction of sp³-hybridized carbons (Fsp3) is 0.941. The molecule has 0 saturated carbocycles. The Bertz CT molecular complexity index is 359. The van der Waals surface area contributed by atoms with E-state index >= 15 is 0 Å². The van der Waals surface area contributed by atoms with Gasteiger partial charge in [-0.15, -0.1) is 0 Å². The van der Waals surface area contributed by atoms with Gasteiger partial charge in [-0.2, -0.15) is 0 Å². The molecule has 0 aromatic carbocycles. The normalized spacial score (nSPS) is 22.3. The Labute approximate surface area is 147 Å². The number of hydrogen-bond donors (Lipinski definition) is 2. The maximum absolute atomic E-state index is 5.37. The van der Waals surface area contributed by atoms with Crippen LogP contribution in [0.15, 0.2) is 4.99 Å². The highest BCUT2D eigenvalue weighted by molar-refractivity contribution is 5.79. The Balaban J connectivity index is 1.51. The topological polar surface area (TPSA) is 55.4 Å². The van der Waals surface area contributed by atoms with Crippen molar-refractivity contribution in [1.82, 2.24) is 25.3 Å². The molecular weight excluding hydrogens is 304 g/mol. The number of hydrogen-bond acceptors (Lipinski definition) is 5. The quantitative estimate of drug-likeness (QED) is 0.371. The lowest BCUT2D eigenvalue weighted by Crippen LogP contribution is -2.44. The summed E-state index contributed by atoms with van der Waals surface area (Å²) in [6, 6.07) is 0. The highest BCUT2D eigenvalue weighted by Crippen LogP contribution is 2.01. The molecule has 24 heavy (non-hydrogen) atoms. The zero-order valence-corrected chi connectivity index (χ0v) is 15.6. The van der Waals surface area contributed by atoms with Gasteiger partial charge in [0.25, 0.3) is 0 Å². The molecule has 0 aromatic heterocycles. The van der Waals surface area contributed by atoms with Gasteiger partial charge in [0, 0.05) is 52.9 Å². The van der Waals surface area contributed by atoms with Crippen molar-refractivity contribution in [1.29, 1.82) is 0 Å². The zero-order valence-electron chi connectivity index (χ0n) is 15.6. The van der Waals surface area contributed by atoms with Crippen LogP contribution in [0.2, 0.25) is 0 Å². The third-order valence-electron chi connectivity index (χ3n) is 4.80. The van der Waals surface area contributed by atoms with Crippen LogP contribution in [0, 0.1) is 0 Å². The number of nitrogens with zero attached hydrogens (tertiary/aromatic N) is 4. The van der Waals surface area contributed by atoms with Crippen LogP contribution in [-0.2, 0) is 4.74 Å². The molecule has 0 radical (unpaired) electrons. The first-order valence-corrected chi connectivity index (χ1v) is 9.43. The Kier molecular flexibility index (Phi) is 9.42. The molecule has 2 N–H and O–H groups in total. The summed E-state index contributed by atoms with van der Waals surface area (Å²) in [7, 11) is 4.06. The first kappa shape index (κ1) is 19.4. The molecule has 0 atom stereocenters. The number of ether oxygens (including phenoxy) is 1. The largest absolute Gasteiger partial charge is 0.379 e. The first-order valence-electron chi connectivity index (χ1n) is 9.43. The molecule has 2 aliphatic rings. The van der Waals surface area contributed by atoms with Gasteiger partial charge in [0.05, 0.1) is 13.2 Å². The minimum Gasteiger partial charge on any atom is -0.379 e. The van der Waals surface area contributed by atoms with E-state index in [4.69, 9.17) is 4.74 Å². The van der Waals surface area contributed by atoms with Crippen molar-refractivity contribution in [2.75, 3.05) is 92.8 Å². The predicted octanol–water partition coefficient (Wildman–Crippen LogP) is -0.489. The average Bonchev–Trinajstić information content (AvgIpc) is 2.82. The van der Waals surface area contributed by atoms with Crippen LogP contribution in [0.1, 0.15) is 12.8 Å². The first-order chi connectivity index (χ1) is 11.8. The van der Waals surface area contributed by atoms with Crippen molar-refractivity contribution in [2.24, 2.45) is 4.99 Å². The minimum atomic E-state index is 0.860. The van der Waals surface area contributed by atoms with Crippen molar-refractivity contribution in [3.05, 3.63) is 0 Å². The molecule has 2 heterocycles. The second kappa shape index (κ2) is 11.6. The lowest BCUT2D eigenvalue weighted by atomic mass is 10.3. The third-order valence-corrected chi connectivity index (χ3v) is 4.80. The van der Waals surface area contributed by atoms with Gasteiger partial charge < -0.3 is 25.2 Å². The maximum Gasteiger partial charge on any atom is 0.191 e. The number of morpholine rings is 1. The van der Waals surface area contributed by atoms with Crippen molar-refractivity contribution < 1.29 is 4.74 Å². The van der Waals surface area contributed by atoms with Crippen LogP contribution < -0.4 is 10.6 Å². The molecule has 0 bridgehead atoms. The van der Waals surface area contributed by atoms with Gasteiger partial charge in [-0.3, -0.25) is 9.89 Å². The molecular formula is C17H36N6O. The monoisotopic (exact) mass is 340 g/mol. The summed E-state index contributed by atoms with van der Waals surface area (Å²) in [4.78, 5) is 11.8. The SMILES string of the molecule is CN=C(NCCCN1CCCN(C)CC1)NCCN1CCOCC1. The van der Waals surface area contributed by atoms with E-state index in [0.717, 1.165) is 58.3 Å². The molecule has 2 aliphatic heterocycles. The molecule has 0 unspecified atom stereocenters. The standard InChI is InChI=1S/C17H36N6O/c1-18-17(20-6-10-23-13-15-24-16-14-23)19-5-3-8-22-9-4-7-21(2)11-12-22/h3-16H2,1-2H3,(H2,18,19,20). The Morgan fingerprint density at radius 2 is 1.67 bits per heavy atom. The fourth-order valence-electron chi connectivity index (χ4n) is 3.21. The number of rotatable bonds is 7. The van der Waals surface area contributed by atoms with E-state index in [1.54, 1.807) is 0 Å². The zero-order chi connectivity index (χ0) is 17.0. The van der Waals surface area contributed by atoms with Crippen LogP contribution in [-0.4, -0.2) is 113 Å². The van der Waals surface area contributed by atoms with Gasteiger partial charge in [-0.1, -0.05) is 0 Å². The molecule has 7 nitrogen and oxygen atoms in total. The molecule has 140 valence electrons. The van der Waals surface area contributed by atoms with Gasteiger partial charge in [-0.05, 0) is 39.5 Å². The van der Waals surface area contributed by atoms with Crippen molar-refractivity contribution in [3.63, 3.8) is 0 Å². The van der Waals surface area contributed by atoms with Crippen LogP contribution in [0.5, 0.6) is 0 Å². The van der Waals surface area contributed by atoms with E-state index in [0.29, 0.717) is 0 Å². The molecule has 2 saturated heterocycles. The van der Waals surface area contributed by atoms with E-state index in [2.05, 4.69) is 37.4 Å². The predicted molar refractivity (Wildman–Crippen MR) is 99.8 cm³/mol. The Morgan fingerprint density at radius 3 is 2.46 bits per heavy atom. The summed E-state index contributed by atoms with van der Waals surface area (Å²) in [5.41, 5.74) is 0.